The third-order valence-corrected chi connectivity index (χ3v) is 6.78. The first kappa shape index (κ1) is 20.1. The number of likely N-dealkylation sites (tertiary alicyclic amines) is 1. The molecular formula is C23H27N5O3. The Labute approximate surface area is 180 Å². The summed E-state index contributed by atoms with van der Waals surface area (Å²) in [6.07, 6.45) is 4.27. The minimum Gasteiger partial charge on any atom is -0.389 e. The molecule has 0 radical (unpaired) electrons. The number of hydrogen-bond donors (Lipinski definition) is 2. The van der Waals surface area contributed by atoms with Crippen LogP contribution in [0.4, 0.5) is 0 Å². The molecular weight excluding hydrogens is 394 g/mol. The summed E-state index contributed by atoms with van der Waals surface area (Å²) in [6.45, 7) is 3.52. The van der Waals surface area contributed by atoms with E-state index < -0.39 is 11.6 Å². The van der Waals surface area contributed by atoms with Crippen LogP contribution in [0.25, 0.3) is 5.65 Å². The Bertz CT molecular complexity index is 1130. The lowest BCUT2D eigenvalue weighted by atomic mass is 9.76. The molecule has 0 aliphatic carbocycles. The van der Waals surface area contributed by atoms with E-state index in [9.17, 15) is 9.90 Å². The Balaban J connectivity index is 1.33. The summed E-state index contributed by atoms with van der Waals surface area (Å²) in [6, 6.07) is 10.0. The summed E-state index contributed by atoms with van der Waals surface area (Å²) in [5.41, 5.74) is 3.98. The van der Waals surface area contributed by atoms with Gasteiger partial charge in [0.05, 0.1) is 17.7 Å². The van der Waals surface area contributed by atoms with Crippen molar-refractivity contribution < 1.29 is 14.6 Å². The van der Waals surface area contributed by atoms with Gasteiger partial charge in [-0.1, -0.05) is 24.3 Å². The van der Waals surface area contributed by atoms with Crippen LogP contribution in [-0.4, -0.2) is 62.4 Å². The van der Waals surface area contributed by atoms with E-state index in [4.69, 9.17) is 4.74 Å². The number of methoxy groups -OCH3 is 1. The van der Waals surface area contributed by atoms with Crippen molar-refractivity contribution in [3.05, 3.63) is 65.1 Å². The average Bonchev–Trinajstić information content (AvgIpc) is 3.23. The van der Waals surface area contributed by atoms with E-state index in [1.165, 1.54) is 11.1 Å². The van der Waals surface area contributed by atoms with E-state index in [0.29, 0.717) is 24.3 Å². The summed E-state index contributed by atoms with van der Waals surface area (Å²) in [4.78, 5) is 19.2. The summed E-state index contributed by atoms with van der Waals surface area (Å²) >= 11 is 0. The first-order chi connectivity index (χ1) is 15.0. The van der Waals surface area contributed by atoms with Crippen LogP contribution in [0, 0.1) is 0 Å². The number of hydrogen-bond acceptors (Lipinski definition) is 6. The van der Waals surface area contributed by atoms with E-state index in [2.05, 4.69) is 27.5 Å². The maximum Gasteiger partial charge on any atom is 0.274 e. The minimum absolute atomic E-state index is 0.109. The van der Waals surface area contributed by atoms with Crippen LogP contribution < -0.4 is 5.32 Å². The highest BCUT2D eigenvalue weighted by Gasteiger charge is 2.45. The van der Waals surface area contributed by atoms with Gasteiger partial charge >= 0.3 is 0 Å². The molecule has 8 nitrogen and oxygen atoms in total. The number of aliphatic hydroxyl groups is 1. The van der Waals surface area contributed by atoms with Gasteiger partial charge in [-0.3, -0.25) is 4.79 Å². The molecule has 1 amide bonds. The third-order valence-electron chi connectivity index (χ3n) is 6.78. The second-order valence-corrected chi connectivity index (χ2v) is 8.57. The lowest BCUT2D eigenvalue weighted by molar-refractivity contribution is -0.0140. The van der Waals surface area contributed by atoms with E-state index >= 15 is 0 Å². The molecule has 162 valence electrons. The standard InChI is InChI=1S/C23H27N5O3/c1-15(31-2)18-11-24-21-9-19(26-28(21)13-18)22(30)27-8-7-23(20(29)14-27)10-16-5-3-4-6-17(16)12-25-23/h3-6,9,11,13,15,20,25,29H,7-8,10,12,14H2,1-2H3/t15?,20-,23+/m1/s1. The van der Waals surface area contributed by atoms with Crippen LogP contribution >= 0.6 is 0 Å². The molecule has 1 spiro atoms. The van der Waals surface area contributed by atoms with Crippen molar-refractivity contribution in [2.75, 3.05) is 20.2 Å². The van der Waals surface area contributed by atoms with Gasteiger partial charge in [-0.25, -0.2) is 9.50 Å². The summed E-state index contributed by atoms with van der Waals surface area (Å²) in [5, 5.41) is 19.0. The Morgan fingerprint density at radius 1 is 1.35 bits per heavy atom. The number of nitrogens with one attached hydrogen (secondary N) is 1. The summed E-state index contributed by atoms with van der Waals surface area (Å²) in [7, 11) is 1.64. The molecule has 5 rings (SSSR count). The number of fused-ring (bicyclic) bond motifs is 2. The van der Waals surface area contributed by atoms with Gasteiger partial charge in [-0.05, 0) is 30.9 Å². The van der Waals surface area contributed by atoms with Gasteiger partial charge in [0.15, 0.2) is 11.3 Å². The van der Waals surface area contributed by atoms with Crippen molar-refractivity contribution in [1.29, 1.82) is 0 Å². The molecule has 2 aliphatic heterocycles. The number of benzene rings is 1. The molecule has 0 saturated carbocycles. The van der Waals surface area contributed by atoms with Crippen LogP contribution in [0.3, 0.4) is 0 Å². The molecule has 1 saturated heterocycles. The van der Waals surface area contributed by atoms with Gasteiger partial charge in [-0.2, -0.15) is 5.10 Å². The van der Waals surface area contributed by atoms with Gasteiger partial charge in [-0.15, -0.1) is 0 Å². The number of piperidine rings is 1. The molecule has 1 aromatic carbocycles. The summed E-state index contributed by atoms with van der Waals surface area (Å²) < 4.78 is 6.94. The number of carbonyl (C=O) groups excluding carboxylic acids is 1. The molecule has 8 heteroatoms. The number of nitrogens with zero attached hydrogens (tertiary/aromatic N) is 4. The minimum atomic E-state index is -0.650. The molecule has 2 N–H and O–H groups in total. The van der Waals surface area contributed by atoms with E-state index in [1.807, 2.05) is 25.3 Å². The number of aromatic nitrogens is 3. The van der Waals surface area contributed by atoms with Crippen molar-refractivity contribution in [1.82, 2.24) is 24.8 Å². The van der Waals surface area contributed by atoms with Crippen LogP contribution in [0.5, 0.6) is 0 Å². The Hall–Kier alpha value is -2.81. The molecule has 2 aromatic heterocycles. The van der Waals surface area contributed by atoms with Crippen molar-refractivity contribution in [2.24, 2.45) is 0 Å². The van der Waals surface area contributed by atoms with Gasteiger partial charge in [0, 0.05) is 50.8 Å². The van der Waals surface area contributed by atoms with Gasteiger partial charge in [0.25, 0.3) is 5.91 Å². The smallest absolute Gasteiger partial charge is 0.274 e. The monoisotopic (exact) mass is 421 g/mol. The van der Waals surface area contributed by atoms with Crippen molar-refractivity contribution in [3.8, 4) is 0 Å². The Kier molecular flexibility index (Phi) is 5.00. The number of β-amino-alcohol motifs (C(OH)–C–C–N with tert-alkyl or cyclic N) is 1. The summed E-state index contributed by atoms with van der Waals surface area (Å²) in [5.74, 6) is -0.183. The molecule has 3 atom stereocenters. The highest BCUT2D eigenvalue weighted by atomic mass is 16.5. The normalized spacial score (nSPS) is 24.4. The lowest BCUT2D eigenvalue weighted by Gasteiger charge is -2.48. The second-order valence-electron chi connectivity index (χ2n) is 8.57. The molecule has 2 aliphatic rings. The topological polar surface area (TPSA) is 92.0 Å². The van der Waals surface area contributed by atoms with E-state index in [0.717, 1.165) is 18.5 Å². The van der Waals surface area contributed by atoms with Gasteiger partial charge < -0.3 is 20.1 Å². The first-order valence-electron chi connectivity index (χ1n) is 10.7. The average molecular weight is 422 g/mol. The van der Waals surface area contributed by atoms with Crippen LogP contribution in [0.1, 0.15) is 46.6 Å². The maximum atomic E-state index is 13.1. The predicted molar refractivity (Wildman–Crippen MR) is 115 cm³/mol. The molecule has 1 unspecified atom stereocenters. The third kappa shape index (κ3) is 3.50. The number of ether oxygens (including phenoxy) is 1. The van der Waals surface area contributed by atoms with Crippen LogP contribution in [-0.2, 0) is 17.7 Å². The highest BCUT2D eigenvalue weighted by Crippen LogP contribution is 2.32. The molecule has 4 heterocycles. The maximum absolute atomic E-state index is 13.1. The van der Waals surface area contributed by atoms with Crippen LogP contribution in [0.15, 0.2) is 42.7 Å². The van der Waals surface area contributed by atoms with Crippen molar-refractivity contribution in [3.63, 3.8) is 0 Å². The fourth-order valence-corrected chi connectivity index (χ4v) is 4.65. The number of carbonyl (C=O) groups is 1. The SMILES string of the molecule is COC(C)c1cnc2cc(C(=O)N3CC[C@]4(Cc5ccccc5CN4)[C@H](O)C3)nn2c1. The molecule has 0 bridgehead atoms. The zero-order valence-corrected chi connectivity index (χ0v) is 17.8. The van der Waals surface area contributed by atoms with E-state index in [1.54, 1.807) is 28.8 Å². The van der Waals surface area contributed by atoms with Crippen molar-refractivity contribution in [2.45, 2.75) is 44.1 Å². The predicted octanol–water partition coefficient (Wildman–Crippen LogP) is 1.73. The number of amides is 1. The lowest BCUT2D eigenvalue weighted by Crippen LogP contribution is -2.65. The fourth-order valence-electron chi connectivity index (χ4n) is 4.65. The Morgan fingerprint density at radius 3 is 2.94 bits per heavy atom. The first-order valence-corrected chi connectivity index (χ1v) is 10.7. The molecule has 1 fully saturated rings. The van der Waals surface area contributed by atoms with Gasteiger partial charge in [0.1, 0.15) is 0 Å². The zero-order valence-electron chi connectivity index (χ0n) is 17.8. The van der Waals surface area contributed by atoms with Crippen LogP contribution in [0.2, 0.25) is 0 Å². The van der Waals surface area contributed by atoms with Crippen molar-refractivity contribution >= 4 is 11.6 Å². The van der Waals surface area contributed by atoms with E-state index in [-0.39, 0.29) is 18.6 Å². The Morgan fingerprint density at radius 2 is 2.16 bits per heavy atom. The zero-order chi connectivity index (χ0) is 21.6. The molecule has 31 heavy (non-hydrogen) atoms. The second kappa shape index (κ2) is 7.71. The largest absolute Gasteiger partial charge is 0.389 e. The fraction of sp³-hybridized carbons (Fsp3) is 0.435. The molecule has 3 aromatic rings. The highest BCUT2D eigenvalue weighted by molar-refractivity contribution is 5.93. The number of rotatable bonds is 3. The quantitative estimate of drug-likeness (QED) is 0.669. The van der Waals surface area contributed by atoms with Gasteiger partial charge in [0.2, 0.25) is 0 Å². The number of aliphatic hydroxyl groups excluding tert-OH is 1.